The molecule has 0 spiro atoms. The molecule has 2 aliphatic rings. The minimum absolute atomic E-state index is 0.236. The molecule has 12 unspecified atom stereocenters. The van der Waals surface area contributed by atoms with Gasteiger partial charge in [-0.05, 0) is 19.3 Å². The van der Waals surface area contributed by atoms with Gasteiger partial charge in [0.15, 0.2) is 12.6 Å². The van der Waals surface area contributed by atoms with Gasteiger partial charge in [0.05, 0.1) is 32.0 Å². The van der Waals surface area contributed by atoms with E-state index in [9.17, 15) is 45.6 Å². The molecule has 0 aromatic carbocycles. The van der Waals surface area contributed by atoms with E-state index in [4.69, 9.17) is 18.9 Å². The fraction of sp³-hybridized carbons (Fsp3) is 0.943. The second-order valence-corrected chi connectivity index (χ2v) is 19.7. The van der Waals surface area contributed by atoms with Crippen LogP contribution in [0.25, 0.3) is 0 Å². The van der Waals surface area contributed by atoms with Gasteiger partial charge in [0.25, 0.3) is 0 Å². The quantitative estimate of drug-likeness (QED) is 0.0209. The molecule has 67 heavy (non-hydrogen) atoms. The van der Waals surface area contributed by atoms with Crippen molar-refractivity contribution in [1.29, 1.82) is 0 Å². The number of unbranched alkanes of at least 4 members (excludes halogenated alkanes) is 30. The second kappa shape index (κ2) is 40.3. The number of nitrogens with one attached hydrogen (secondary N) is 1. The lowest BCUT2D eigenvalue weighted by atomic mass is 9.97. The van der Waals surface area contributed by atoms with Crippen molar-refractivity contribution in [2.24, 2.45) is 0 Å². The predicted octanol–water partition coefficient (Wildman–Crippen LogP) is 7.94. The maximum absolute atomic E-state index is 13.2. The van der Waals surface area contributed by atoms with Crippen LogP contribution in [0.3, 0.4) is 0 Å². The first-order valence-electron chi connectivity index (χ1n) is 27.4. The highest BCUT2D eigenvalue weighted by atomic mass is 16.7. The van der Waals surface area contributed by atoms with Crippen molar-refractivity contribution in [3.8, 4) is 0 Å². The van der Waals surface area contributed by atoms with E-state index in [1.54, 1.807) is 6.08 Å². The average molecular weight is 960 g/mol. The summed E-state index contributed by atoms with van der Waals surface area (Å²) >= 11 is 0. The van der Waals surface area contributed by atoms with Gasteiger partial charge in [-0.1, -0.05) is 212 Å². The topological polar surface area (TPSA) is 228 Å². The van der Waals surface area contributed by atoms with Crippen LogP contribution in [0.5, 0.6) is 0 Å². The molecule has 396 valence electrons. The number of carbonyl (C=O) groups excluding carboxylic acids is 1. The molecule has 0 saturated carbocycles. The number of hydrogen-bond acceptors (Lipinski definition) is 13. The minimum Gasteiger partial charge on any atom is -0.394 e. The largest absolute Gasteiger partial charge is 0.394 e. The van der Waals surface area contributed by atoms with Gasteiger partial charge in [0.2, 0.25) is 5.91 Å². The van der Waals surface area contributed by atoms with Crippen LogP contribution in [0.1, 0.15) is 226 Å². The lowest BCUT2D eigenvalue weighted by Crippen LogP contribution is -2.65. The van der Waals surface area contributed by atoms with Crippen molar-refractivity contribution in [2.75, 3.05) is 19.8 Å². The van der Waals surface area contributed by atoms with Crippen LogP contribution in [0.2, 0.25) is 0 Å². The molecule has 1 amide bonds. The third-order valence-corrected chi connectivity index (χ3v) is 13.7. The van der Waals surface area contributed by atoms with E-state index in [1.165, 1.54) is 161 Å². The molecule has 0 aromatic heterocycles. The van der Waals surface area contributed by atoms with Crippen LogP contribution < -0.4 is 5.32 Å². The van der Waals surface area contributed by atoms with Gasteiger partial charge in [-0.15, -0.1) is 0 Å². The Morgan fingerprint density at radius 1 is 0.522 bits per heavy atom. The van der Waals surface area contributed by atoms with E-state index in [1.807, 2.05) is 6.08 Å². The van der Waals surface area contributed by atoms with Crippen LogP contribution in [0.4, 0.5) is 0 Å². The summed E-state index contributed by atoms with van der Waals surface area (Å²) < 4.78 is 22.7. The fourth-order valence-corrected chi connectivity index (χ4v) is 9.23. The van der Waals surface area contributed by atoms with Gasteiger partial charge in [0, 0.05) is 6.42 Å². The van der Waals surface area contributed by atoms with E-state index in [-0.39, 0.29) is 18.9 Å². The number of ether oxygens (including phenoxy) is 4. The third-order valence-electron chi connectivity index (χ3n) is 13.7. The summed E-state index contributed by atoms with van der Waals surface area (Å²) in [5, 5.41) is 86.9. The highest BCUT2D eigenvalue weighted by Gasteiger charge is 2.51. The zero-order valence-electron chi connectivity index (χ0n) is 42.2. The molecule has 12 atom stereocenters. The first-order valence-corrected chi connectivity index (χ1v) is 27.4. The smallest absolute Gasteiger partial charge is 0.220 e. The first kappa shape index (κ1) is 61.8. The lowest BCUT2D eigenvalue weighted by molar-refractivity contribution is -0.359. The standard InChI is InChI=1S/C53H101NO13/c1-3-5-7-9-11-13-15-17-19-20-21-23-25-27-29-31-33-35-37-45(58)54-41(42(57)36-34-32-30-28-26-24-22-18-16-14-12-10-8-6-4-2)40-64-52-50(63)48(61)51(44(39-56)66-52)67-53-49(62)47(60)46(59)43(38-55)65-53/h34,36,41-44,46-53,55-57,59-63H,3-33,35,37-40H2,1-2H3,(H,54,58)/b36-34+. The van der Waals surface area contributed by atoms with Gasteiger partial charge < -0.3 is 65.1 Å². The zero-order chi connectivity index (χ0) is 48.9. The fourth-order valence-electron chi connectivity index (χ4n) is 9.23. The first-order chi connectivity index (χ1) is 32.6. The number of aliphatic hydroxyl groups is 8. The van der Waals surface area contributed by atoms with Crippen molar-refractivity contribution in [2.45, 2.75) is 299 Å². The highest BCUT2D eigenvalue weighted by molar-refractivity contribution is 5.76. The van der Waals surface area contributed by atoms with E-state index in [2.05, 4.69) is 19.2 Å². The molecule has 14 heteroatoms. The Kier molecular flexibility index (Phi) is 37.2. The van der Waals surface area contributed by atoms with Crippen LogP contribution in [-0.2, 0) is 23.7 Å². The number of hydrogen-bond donors (Lipinski definition) is 9. The van der Waals surface area contributed by atoms with E-state index < -0.39 is 86.8 Å². The molecular weight excluding hydrogens is 859 g/mol. The Labute approximate surface area is 406 Å². The SMILES string of the molecule is CCCCCCCCCCCCCCC/C=C/C(O)C(COC1OC(CO)C(OC2OC(CO)C(O)C(O)C2O)C(O)C1O)NC(=O)CCCCCCCCCCCCCCCCCCCC. The van der Waals surface area contributed by atoms with Gasteiger partial charge in [-0.3, -0.25) is 4.79 Å². The molecule has 9 N–H and O–H groups in total. The van der Waals surface area contributed by atoms with Crippen LogP contribution in [0, 0.1) is 0 Å². The lowest BCUT2D eigenvalue weighted by Gasteiger charge is -2.46. The van der Waals surface area contributed by atoms with Crippen LogP contribution in [0.15, 0.2) is 12.2 Å². The molecule has 2 aliphatic heterocycles. The van der Waals surface area contributed by atoms with Crippen molar-refractivity contribution in [3.05, 3.63) is 12.2 Å². The molecule has 0 bridgehead atoms. The number of amides is 1. The minimum atomic E-state index is -1.78. The third kappa shape index (κ3) is 27.2. The Bertz CT molecular complexity index is 1180. The summed E-state index contributed by atoms with van der Waals surface area (Å²) in [5.74, 6) is -0.236. The molecule has 0 radical (unpaired) electrons. The molecule has 2 heterocycles. The monoisotopic (exact) mass is 960 g/mol. The average Bonchev–Trinajstić information content (AvgIpc) is 3.32. The maximum Gasteiger partial charge on any atom is 0.220 e. The maximum atomic E-state index is 13.2. The molecule has 0 aliphatic carbocycles. The van der Waals surface area contributed by atoms with E-state index in [0.29, 0.717) is 6.42 Å². The van der Waals surface area contributed by atoms with Crippen molar-refractivity contribution in [1.82, 2.24) is 5.32 Å². The molecular formula is C53H101NO13. The van der Waals surface area contributed by atoms with E-state index >= 15 is 0 Å². The number of carbonyl (C=O) groups is 1. The van der Waals surface area contributed by atoms with Crippen molar-refractivity contribution < 1.29 is 64.6 Å². The van der Waals surface area contributed by atoms with E-state index in [0.717, 1.165) is 38.5 Å². The Morgan fingerprint density at radius 2 is 0.925 bits per heavy atom. The normalized spacial score (nSPS) is 26.6. The molecule has 2 fully saturated rings. The molecule has 2 rings (SSSR count). The molecule has 0 aromatic rings. The summed E-state index contributed by atoms with van der Waals surface area (Å²) in [6.07, 6.45) is 26.7. The van der Waals surface area contributed by atoms with Gasteiger partial charge in [-0.25, -0.2) is 0 Å². The van der Waals surface area contributed by atoms with Crippen molar-refractivity contribution >= 4 is 5.91 Å². The highest BCUT2D eigenvalue weighted by Crippen LogP contribution is 2.30. The summed E-state index contributed by atoms with van der Waals surface area (Å²) in [5.41, 5.74) is 0. The van der Waals surface area contributed by atoms with Crippen molar-refractivity contribution in [3.63, 3.8) is 0 Å². The summed E-state index contributed by atoms with van der Waals surface area (Å²) in [6, 6.07) is -0.908. The summed E-state index contributed by atoms with van der Waals surface area (Å²) in [7, 11) is 0. The molecule has 14 nitrogen and oxygen atoms in total. The molecule has 2 saturated heterocycles. The van der Waals surface area contributed by atoms with Gasteiger partial charge in [-0.2, -0.15) is 0 Å². The van der Waals surface area contributed by atoms with Crippen LogP contribution >= 0.6 is 0 Å². The predicted molar refractivity (Wildman–Crippen MR) is 263 cm³/mol. The second-order valence-electron chi connectivity index (χ2n) is 19.7. The Balaban J connectivity index is 1.81. The summed E-state index contributed by atoms with van der Waals surface area (Å²) in [6.45, 7) is 2.81. The van der Waals surface area contributed by atoms with Gasteiger partial charge >= 0.3 is 0 Å². The Morgan fingerprint density at radius 3 is 1.37 bits per heavy atom. The summed E-state index contributed by atoms with van der Waals surface area (Å²) in [4.78, 5) is 13.2. The van der Waals surface area contributed by atoms with Crippen LogP contribution in [-0.4, -0.2) is 140 Å². The number of allylic oxidation sites excluding steroid dienone is 1. The Hall–Kier alpha value is -1.27. The number of rotatable bonds is 43. The zero-order valence-corrected chi connectivity index (χ0v) is 42.2. The number of aliphatic hydroxyl groups excluding tert-OH is 8. The van der Waals surface area contributed by atoms with Gasteiger partial charge in [0.1, 0.15) is 48.8 Å².